The Morgan fingerprint density at radius 3 is 2.57 bits per heavy atom. The standard InChI is InChI=1S/C12H20N2/c1-2-3-4-5-6-7-8-12-9-10-13-11-14-12/h9-11H,2-8H2,1H3. The van der Waals surface area contributed by atoms with Gasteiger partial charge in [-0.05, 0) is 18.9 Å². The first-order chi connectivity index (χ1) is 6.93. The lowest BCUT2D eigenvalue weighted by molar-refractivity contribution is 0.604. The molecule has 0 atom stereocenters. The maximum Gasteiger partial charge on any atom is 0.115 e. The largest absolute Gasteiger partial charge is 0.245 e. The third-order valence-corrected chi connectivity index (χ3v) is 2.43. The second-order valence-electron chi connectivity index (χ2n) is 3.72. The zero-order valence-electron chi connectivity index (χ0n) is 9.08. The molecule has 0 radical (unpaired) electrons. The molecule has 1 aromatic heterocycles. The lowest BCUT2D eigenvalue weighted by atomic mass is 10.1. The maximum absolute atomic E-state index is 4.20. The number of hydrogen-bond acceptors (Lipinski definition) is 2. The van der Waals surface area contributed by atoms with Crippen molar-refractivity contribution in [3.05, 3.63) is 24.3 Å². The molecule has 2 heteroatoms. The van der Waals surface area contributed by atoms with Crippen LogP contribution in [0.4, 0.5) is 0 Å². The summed E-state index contributed by atoms with van der Waals surface area (Å²) in [6.07, 6.45) is 12.6. The van der Waals surface area contributed by atoms with Gasteiger partial charge in [-0.15, -0.1) is 0 Å². The van der Waals surface area contributed by atoms with Gasteiger partial charge in [0.15, 0.2) is 0 Å². The van der Waals surface area contributed by atoms with E-state index in [1.807, 2.05) is 12.3 Å². The molecule has 0 aliphatic heterocycles. The monoisotopic (exact) mass is 192 g/mol. The van der Waals surface area contributed by atoms with Crippen LogP contribution in [-0.2, 0) is 6.42 Å². The molecule has 0 N–H and O–H groups in total. The van der Waals surface area contributed by atoms with E-state index in [9.17, 15) is 0 Å². The van der Waals surface area contributed by atoms with Crippen LogP contribution in [0.2, 0.25) is 0 Å². The molecule has 0 spiro atoms. The zero-order valence-corrected chi connectivity index (χ0v) is 9.08. The number of aromatic nitrogens is 2. The third-order valence-electron chi connectivity index (χ3n) is 2.43. The molecule has 0 aliphatic carbocycles. The minimum atomic E-state index is 1.11. The van der Waals surface area contributed by atoms with Crippen LogP contribution >= 0.6 is 0 Å². The first-order valence-corrected chi connectivity index (χ1v) is 5.68. The molecule has 0 aromatic carbocycles. The van der Waals surface area contributed by atoms with Crippen molar-refractivity contribution in [1.29, 1.82) is 0 Å². The van der Waals surface area contributed by atoms with E-state index in [1.54, 1.807) is 6.33 Å². The van der Waals surface area contributed by atoms with Gasteiger partial charge in [-0.25, -0.2) is 9.97 Å². The molecule has 0 saturated carbocycles. The van der Waals surface area contributed by atoms with Crippen LogP contribution < -0.4 is 0 Å². The summed E-state index contributed by atoms with van der Waals surface area (Å²) in [5, 5.41) is 0. The second kappa shape index (κ2) is 7.48. The molecule has 0 saturated heterocycles. The summed E-state index contributed by atoms with van der Waals surface area (Å²) >= 11 is 0. The fraction of sp³-hybridized carbons (Fsp3) is 0.667. The average Bonchev–Trinajstić information content (AvgIpc) is 2.25. The maximum atomic E-state index is 4.20. The number of rotatable bonds is 7. The van der Waals surface area contributed by atoms with E-state index in [4.69, 9.17) is 0 Å². The molecule has 78 valence electrons. The van der Waals surface area contributed by atoms with Crippen molar-refractivity contribution in [3.63, 3.8) is 0 Å². The van der Waals surface area contributed by atoms with Gasteiger partial charge >= 0.3 is 0 Å². The Morgan fingerprint density at radius 2 is 1.86 bits per heavy atom. The molecule has 2 nitrogen and oxygen atoms in total. The van der Waals surface area contributed by atoms with E-state index >= 15 is 0 Å². The van der Waals surface area contributed by atoms with Gasteiger partial charge in [-0.3, -0.25) is 0 Å². The topological polar surface area (TPSA) is 25.8 Å². The van der Waals surface area contributed by atoms with Crippen LogP contribution in [-0.4, -0.2) is 9.97 Å². The van der Waals surface area contributed by atoms with E-state index in [0.717, 1.165) is 6.42 Å². The normalized spacial score (nSPS) is 10.4. The molecule has 1 rings (SSSR count). The van der Waals surface area contributed by atoms with E-state index in [1.165, 1.54) is 44.2 Å². The summed E-state index contributed by atoms with van der Waals surface area (Å²) in [6, 6.07) is 2.01. The lowest BCUT2D eigenvalue weighted by Gasteiger charge is -2.00. The first kappa shape index (κ1) is 11.2. The molecule has 0 aliphatic rings. The lowest BCUT2D eigenvalue weighted by Crippen LogP contribution is -1.90. The number of aryl methyl sites for hydroxylation is 1. The highest BCUT2D eigenvalue weighted by molar-refractivity contribution is 4.97. The van der Waals surface area contributed by atoms with Gasteiger partial charge in [0, 0.05) is 11.9 Å². The first-order valence-electron chi connectivity index (χ1n) is 5.68. The van der Waals surface area contributed by atoms with Gasteiger partial charge in [0.25, 0.3) is 0 Å². The predicted octanol–water partition coefficient (Wildman–Crippen LogP) is 3.38. The summed E-state index contributed by atoms with van der Waals surface area (Å²) in [5.74, 6) is 0. The van der Waals surface area contributed by atoms with Gasteiger partial charge in [0.05, 0.1) is 0 Å². The number of unbranched alkanes of at least 4 members (excludes halogenated alkanes) is 5. The summed E-state index contributed by atoms with van der Waals surface area (Å²) in [4.78, 5) is 8.10. The molecule has 0 bridgehead atoms. The molecule has 0 amide bonds. The molecular formula is C12H20N2. The van der Waals surface area contributed by atoms with Crippen molar-refractivity contribution < 1.29 is 0 Å². The van der Waals surface area contributed by atoms with Gasteiger partial charge in [0.1, 0.15) is 6.33 Å². The van der Waals surface area contributed by atoms with Crippen molar-refractivity contribution in [2.45, 2.75) is 51.9 Å². The van der Waals surface area contributed by atoms with E-state index in [0.29, 0.717) is 0 Å². The quantitative estimate of drug-likeness (QED) is 0.619. The van der Waals surface area contributed by atoms with Gasteiger partial charge in [-0.2, -0.15) is 0 Å². The number of nitrogens with zero attached hydrogens (tertiary/aromatic N) is 2. The van der Waals surface area contributed by atoms with Crippen molar-refractivity contribution in [2.75, 3.05) is 0 Å². The SMILES string of the molecule is CCCCCCCCc1ccncn1. The predicted molar refractivity (Wildman–Crippen MR) is 59.1 cm³/mol. The summed E-state index contributed by atoms with van der Waals surface area (Å²) in [5.41, 5.74) is 1.18. The van der Waals surface area contributed by atoms with Crippen LogP contribution in [0.25, 0.3) is 0 Å². The van der Waals surface area contributed by atoms with E-state index in [-0.39, 0.29) is 0 Å². The minimum Gasteiger partial charge on any atom is -0.245 e. The van der Waals surface area contributed by atoms with Crippen LogP contribution in [0, 0.1) is 0 Å². The third kappa shape index (κ3) is 4.95. The van der Waals surface area contributed by atoms with Gasteiger partial charge < -0.3 is 0 Å². The van der Waals surface area contributed by atoms with Crippen LogP contribution in [0.3, 0.4) is 0 Å². The van der Waals surface area contributed by atoms with Crippen LogP contribution in [0.15, 0.2) is 18.6 Å². The summed E-state index contributed by atoms with van der Waals surface area (Å²) < 4.78 is 0. The van der Waals surface area contributed by atoms with Crippen molar-refractivity contribution in [1.82, 2.24) is 9.97 Å². The molecule has 1 heterocycles. The fourth-order valence-corrected chi connectivity index (χ4v) is 1.55. The average molecular weight is 192 g/mol. The van der Waals surface area contributed by atoms with Crippen molar-refractivity contribution in [2.24, 2.45) is 0 Å². The zero-order chi connectivity index (χ0) is 10.1. The molecule has 1 aromatic rings. The Bertz CT molecular complexity index is 221. The highest BCUT2D eigenvalue weighted by Gasteiger charge is 1.93. The Balaban J connectivity index is 1.99. The molecule has 14 heavy (non-hydrogen) atoms. The Morgan fingerprint density at radius 1 is 1.07 bits per heavy atom. The minimum absolute atomic E-state index is 1.11. The van der Waals surface area contributed by atoms with Crippen LogP contribution in [0.5, 0.6) is 0 Å². The Kier molecular flexibility index (Phi) is 5.96. The summed E-state index contributed by atoms with van der Waals surface area (Å²) in [6.45, 7) is 2.25. The Hall–Kier alpha value is -0.920. The highest BCUT2D eigenvalue weighted by atomic mass is 14.8. The van der Waals surface area contributed by atoms with Gasteiger partial charge in [0.2, 0.25) is 0 Å². The van der Waals surface area contributed by atoms with Crippen LogP contribution in [0.1, 0.15) is 51.1 Å². The van der Waals surface area contributed by atoms with Crippen molar-refractivity contribution >= 4 is 0 Å². The van der Waals surface area contributed by atoms with E-state index < -0.39 is 0 Å². The number of hydrogen-bond donors (Lipinski definition) is 0. The van der Waals surface area contributed by atoms with Crippen molar-refractivity contribution in [3.8, 4) is 0 Å². The van der Waals surface area contributed by atoms with Gasteiger partial charge in [-0.1, -0.05) is 39.0 Å². The summed E-state index contributed by atoms with van der Waals surface area (Å²) in [7, 11) is 0. The molecule has 0 fully saturated rings. The smallest absolute Gasteiger partial charge is 0.115 e. The highest BCUT2D eigenvalue weighted by Crippen LogP contribution is 2.07. The molecule has 0 unspecified atom stereocenters. The van der Waals surface area contributed by atoms with E-state index in [2.05, 4.69) is 16.9 Å². The Labute approximate surface area is 86.8 Å². The molecular weight excluding hydrogens is 172 g/mol. The second-order valence-corrected chi connectivity index (χ2v) is 3.72. The fourth-order valence-electron chi connectivity index (χ4n) is 1.55.